The zero-order valence-electron chi connectivity index (χ0n) is 24.9. The van der Waals surface area contributed by atoms with Gasteiger partial charge in [0, 0.05) is 49.8 Å². The number of aryl methyl sites for hydroxylation is 1. The van der Waals surface area contributed by atoms with Crippen molar-refractivity contribution in [1.82, 2.24) is 15.2 Å². The summed E-state index contributed by atoms with van der Waals surface area (Å²) in [5.41, 5.74) is 12.0. The number of benzene rings is 2. The standard InChI is InChI=1S/C34H44N4O3/c1-5-36-21-30(35)15-16-31(34(3,4)33(39)41-24-26-10-7-6-8-11-26)27-14-13-25(2)29(20-27)23-38-18-19-40-32-28(22-38)12-9-17-37-32/h6-14,17,20-21,31,36H,5,15-16,18-19,22-24,35H2,1-4H3/b30-21-. The fraction of sp³-hybridized carbons (Fsp3) is 0.412. The molecule has 1 aliphatic heterocycles. The monoisotopic (exact) mass is 556 g/mol. The second-order valence-corrected chi connectivity index (χ2v) is 11.4. The van der Waals surface area contributed by atoms with E-state index in [9.17, 15) is 4.79 Å². The number of pyridine rings is 1. The van der Waals surface area contributed by atoms with Gasteiger partial charge in [-0.2, -0.15) is 0 Å². The van der Waals surface area contributed by atoms with Crippen LogP contribution in [-0.2, 0) is 29.2 Å². The van der Waals surface area contributed by atoms with Crippen LogP contribution in [0.1, 0.15) is 67.3 Å². The number of nitrogens with one attached hydrogen (secondary N) is 1. The van der Waals surface area contributed by atoms with E-state index in [0.717, 1.165) is 60.9 Å². The van der Waals surface area contributed by atoms with Gasteiger partial charge in [-0.15, -0.1) is 0 Å². The number of fused-ring (bicyclic) bond motifs is 1. The molecule has 0 saturated carbocycles. The second-order valence-electron chi connectivity index (χ2n) is 11.4. The Hall–Kier alpha value is -3.84. The molecule has 0 saturated heterocycles. The number of aromatic nitrogens is 1. The average molecular weight is 557 g/mol. The predicted octanol–water partition coefficient (Wildman–Crippen LogP) is 5.83. The number of nitrogens with zero attached hydrogens (tertiary/aromatic N) is 2. The predicted molar refractivity (Wildman–Crippen MR) is 163 cm³/mol. The van der Waals surface area contributed by atoms with Crippen LogP contribution in [0.2, 0.25) is 0 Å². The second kappa shape index (κ2) is 14.2. The number of allylic oxidation sites excluding steroid dienone is 1. The fourth-order valence-electron chi connectivity index (χ4n) is 5.33. The van der Waals surface area contributed by atoms with E-state index in [-0.39, 0.29) is 18.5 Å². The number of ether oxygens (including phenoxy) is 2. The number of hydrogen-bond donors (Lipinski definition) is 2. The third kappa shape index (κ3) is 8.10. The Balaban J connectivity index is 1.57. The van der Waals surface area contributed by atoms with Crippen molar-refractivity contribution >= 4 is 5.97 Å². The van der Waals surface area contributed by atoms with E-state index in [2.05, 4.69) is 46.4 Å². The highest BCUT2D eigenvalue weighted by molar-refractivity contribution is 5.77. The summed E-state index contributed by atoms with van der Waals surface area (Å²) in [6, 6.07) is 20.4. The van der Waals surface area contributed by atoms with Crippen molar-refractivity contribution < 1.29 is 14.3 Å². The molecule has 4 rings (SSSR count). The number of esters is 1. The van der Waals surface area contributed by atoms with Gasteiger partial charge in [-0.05, 0) is 74.8 Å². The number of hydrogen-bond acceptors (Lipinski definition) is 7. The van der Waals surface area contributed by atoms with Crippen molar-refractivity contribution in [1.29, 1.82) is 0 Å². The highest BCUT2D eigenvalue weighted by Crippen LogP contribution is 2.41. The SMILES string of the molecule is CCN/C=C(\N)CCC(c1ccc(C)c(CN2CCOc3ncccc3C2)c1)C(C)(C)C(=O)OCc1ccccc1. The van der Waals surface area contributed by atoms with Gasteiger partial charge in [0.25, 0.3) is 0 Å². The summed E-state index contributed by atoms with van der Waals surface area (Å²) in [4.78, 5) is 20.4. The van der Waals surface area contributed by atoms with Gasteiger partial charge in [0.1, 0.15) is 13.2 Å². The molecular weight excluding hydrogens is 512 g/mol. The molecule has 0 aliphatic carbocycles. The van der Waals surface area contributed by atoms with Crippen LogP contribution >= 0.6 is 0 Å². The van der Waals surface area contributed by atoms with Crippen molar-refractivity contribution in [2.45, 2.75) is 66.2 Å². The summed E-state index contributed by atoms with van der Waals surface area (Å²) < 4.78 is 11.8. The highest BCUT2D eigenvalue weighted by atomic mass is 16.5. The Morgan fingerprint density at radius 2 is 2.00 bits per heavy atom. The Kier molecular flexibility index (Phi) is 10.4. The first-order valence-corrected chi connectivity index (χ1v) is 14.6. The Morgan fingerprint density at radius 3 is 2.78 bits per heavy atom. The maximum atomic E-state index is 13.6. The molecule has 0 amide bonds. The largest absolute Gasteiger partial charge is 0.476 e. The quantitative estimate of drug-likeness (QED) is 0.271. The van der Waals surface area contributed by atoms with E-state index in [1.807, 2.05) is 63.4 Å². The van der Waals surface area contributed by atoms with Gasteiger partial charge in [0.2, 0.25) is 5.88 Å². The summed E-state index contributed by atoms with van der Waals surface area (Å²) in [6.07, 6.45) is 5.03. The maximum absolute atomic E-state index is 13.6. The van der Waals surface area contributed by atoms with Crippen molar-refractivity contribution in [3.8, 4) is 5.88 Å². The van der Waals surface area contributed by atoms with Crippen molar-refractivity contribution in [3.05, 3.63) is 107 Å². The number of nitrogens with two attached hydrogens (primary N) is 1. The lowest BCUT2D eigenvalue weighted by Crippen LogP contribution is -2.34. The molecule has 2 heterocycles. The molecule has 218 valence electrons. The Bertz CT molecular complexity index is 1320. The first-order chi connectivity index (χ1) is 19.8. The Morgan fingerprint density at radius 1 is 1.20 bits per heavy atom. The van der Waals surface area contributed by atoms with E-state index in [1.165, 1.54) is 11.1 Å². The minimum atomic E-state index is -0.763. The third-order valence-electron chi connectivity index (χ3n) is 7.88. The van der Waals surface area contributed by atoms with E-state index in [0.29, 0.717) is 13.0 Å². The summed E-state index contributed by atoms with van der Waals surface area (Å²) in [7, 11) is 0. The molecule has 41 heavy (non-hydrogen) atoms. The van der Waals surface area contributed by atoms with E-state index < -0.39 is 5.41 Å². The summed E-state index contributed by atoms with van der Waals surface area (Å²) in [5.74, 6) is 0.423. The lowest BCUT2D eigenvalue weighted by molar-refractivity contribution is -0.156. The van der Waals surface area contributed by atoms with Crippen molar-refractivity contribution in [2.75, 3.05) is 19.7 Å². The van der Waals surface area contributed by atoms with Gasteiger partial charge in [0.15, 0.2) is 0 Å². The van der Waals surface area contributed by atoms with Crippen LogP contribution in [0.15, 0.2) is 78.8 Å². The topological polar surface area (TPSA) is 89.7 Å². The third-order valence-corrected chi connectivity index (χ3v) is 7.88. The molecule has 3 aromatic rings. The zero-order chi connectivity index (χ0) is 29.2. The maximum Gasteiger partial charge on any atom is 0.312 e. The minimum Gasteiger partial charge on any atom is -0.476 e. The lowest BCUT2D eigenvalue weighted by Gasteiger charge is -2.33. The van der Waals surface area contributed by atoms with Gasteiger partial charge < -0.3 is 20.5 Å². The van der Waals surface area contributed by atoms with E-state index in [1.54, 1.807) is 6.20 Å². The normalized spacial score (nSPS) is 14.9. The molecule has 1 atom stereocenters. The van der Waals surface area contributed by atoms with Crippen LogP contribution in [0, 0.1) is 12.3 Å². The molecule has 0 radical (unpaired) electrons. The fourth-order valence-corrected chi connectivity index (χ4v) is 5.33. The Labute approximate surface area is 244 Å². The van der Waals surface area contributed by atoms with Crippen LogP contribution in [0.3, 0.4) is 0 Å². The summed E-state index contributed by atoms with van der Waals surface area (Å²) in [5, 5.41) is 3.19. The van der Waals surface area contributed by atoms with Crippen molar-refractivity contribution in [3.63, 3.8) is 0 Å². The summed E-state index contributed by atoms with van der Waals surface area (Å²) >= 11 is 0. The van der Waals surface area contributed by atoms with Crippen LogP contribution in [-0.4, -0.2) is 35.5 Å². The van der Waals surface area contributed by atoms with E-state index >= 15 is 0 Å². The molecule has 0 fully saturated rings. The first-order valence-electron chi connectivity index (χ1n) is 14.6. The van der Waals surface area contributed by atoms with Gasteiger partial charge in [-0.1, -0.05) is 54.6 Å². The lowest BCUT2D eigenvalue weighted by atomic mass is 9.72. The number of rotatable bonds is 12. The molecule has 0 spiro atoms. The minimum absolute atomic E-state index is 0.0870. The van der Waals surface area contributed by atoms with Crippen LogP contribution in [0.25, 0.3) is 0 Å². The zero-order valence-corrected chi connectivity index (χ0v) is 24.9. The molecule has 3 N–H and O–H groups in total. The molecular formula is C34H44N4O3. The summed E-state index contributed by atoms with van der Waals surface area (Å²) in [6.45, 7) is 12.2. The molecule has 0 bridgehead atoms. The number of carbonyl (C=O) groups excluding carboxylic acids is 1. The van der Waals surface area contributed by atoms with Crippen molar-refractivity contribution in [2.24, 2.45) is 11.1 Å². The van der Waals surface area contributed by atoms with Crippen LogP contribution in [0.4, 0.5) is 0 Å². The molecule has 7 nitrogen and oxygen atoms in total. The molecule has 7 heteroatoms. The molecule has 1 aromatic heterocycles. The molecule has 1 unspecified atom stereocenters. The van der Waals surface area contributed by atoms with Gasteiger partial charge in [-0.3, -0.25) is 9.69 Å². The average Bonchev–Trinajstić information content (AvgIpc) is 3.18. The van der Waals surface area contributed by atoms with Crippen LogP contribution < -0.4 is 15.8 Å². The van der Waals surface area contributed by atoms with Gasteiger partial charge >= 0.3 is 5.97 Å². The van der Waals surface area contributed by atoms with Gasteiger partial charge in [0.05, 0.1) is 5.41 Å². The van der Waals surface area contributed by atoms with Crippen LogP contribution in [0.5, 0.6) is 5.88 Å². The van der Waals surface area contributed by atoms with E-state index in [4.69, 9.17) is 15.2 Å². The number of carbonyl (C=O) groups is 1. The van der Waals surface area contributed by atoms with Gasteiger partial charge in [-0.25, -0.2) is 4.98 Å². The smallest absolute Gasteiger partial charge is 0.312 e. The first kappa shape index (κ1) is 30.1. The molecule has 2 aromatic carbocycles. The highest BCUT2D eigenvalue weighted by Gasteiger charge is 2.39. The molecule has 1 aliphatic rings.